The van der Waals surface area contributed by atoms with Gasteiger partial charge in [-0.05, 0) is 31.5 Å². The average Bonchev–Trinajstić information content (AvgIpc) is 2.54. The molecule has 0 atom stereocenters. The zero-order valence-corrected chi connectivity index (χ0v) is 13.6. The van der Waals surface area contributed by atoms with E-state index in [1.165, 1.54) is 19.2 Å². The van der Waals surface area contributed by atoms with Gasteiger partial charge in [0.25, 0.3) is 0 Å². The van der Waals surface area contributed by atoms with Crippen molar-refractivity contribution < 1.29 is 23.1 Å². The SMILES string of the molecule is CCN1CCC(C(=O)O)(S(=O)(=O)c2ccccc2OC)CC1. The molecule has 0 radical (unpaired) electrons. The molecule has 0 spiro atoms. The van der Waals surface area contributed by atoms with Crippen LogP contribution in [0.2, 0.25) is 0 Å². The molecule has 0 bridgehead atoms. The molecule has 0 amide bonds. The third-order valence-electron chi connectivity index (χ3n) is 4.37. The maximum Gasteiger partial charge on any atom is 0.325 e. The second-order valence-electron chi connectivity index (χ2n) is 5.39. The van der Waals surface area contributed by atoms with Gasteiger partial charge in [-0.3, -0.25) is 4.79 Å². The summed E-state index contributed by atoms with van der Waals surface area (Å²) in [7, 11) is -2.67. The molecule has 22 heavy (non-hydrogen) atoms. The summed E-state index contributed by atoms with van der Waals surface area (Å²) in [4.78, 5) is 13.9. The maximum atomic E-state index is 13.0. The number of methoxy groups -OCH3 is 1. The molecule has 0 unspecified atom stereocenters. The van der Waals surface area contributed by atoms with E-state index >= 15 is 0 Å². The lowest BCUT2D eigenvalue weighted by Gasteiger charge is -2.37. The molecule has 7 heteroatoms. The second kappa shape index (κ2) is 6.26. The number of piperidine rings is 1. The van der Waals surface area contributed by atoms with Crippen molar-refractivity contribution in [2.24, 2.45) is 0 Å². The van der Waals surface area contributed by atoms with Gasteiger partial charge in [0.05, 0.1) is 7.11 Å². The Bertz CT molecular complexity index is 648. The summed E-state index contributed by atoms with van der Waals surface area (Å²) in [6, 6.07) is 6.17. The number of hydrogen-bond donors (Lipinski definition) is 1. The smallest absolute Gasteiger partial charge is 0.325 e. The van der Waals surface area contributed by atoms with Crippen LogP contribution in [0, 0.1) is 0 Å². The van der Waals surface area contributed by atoms with Gasteiger partial charge in [-0.2, -0.15) is 0 Å². The van der Waals surface area contributed by atoms with Gasteiger partial charge in [0.2, 0.25) is 0 Å². The van der Waals surface area contributed by atoms with E-state index < -0.39 is 20.6 Å². The van der Waals surface area contributed by atoms with Gasteiger partial charge in [-0.1, -0.05) is 19.1 Å². The molecular formula is C15H21NO5S. The predicted molar refractivity (Wildman–Crippen MR) is 81.9 cm³/mol. The van der Waals surface area contributed by atoms with Crippen LogP contribution in [0.25, 0.3) is 0 Å². The van der Waals surface area contributed by atoms with Crippen LogP contribution in [0.15, 0.2) is 29.2 Å². The molecule has 0 aromatic heterocycles. The first-order valence-electron chi connectivity index (χ1n) is 7.22. The molecule has 1 N–H and O–H groups in total. The fraction of sp³-hybridized carbons (Fsp3) is 0.533. The third kappa shape index (κ3) is 2.59. The molecule has 122 valence electrons. The van der Waals surface area contributed by atoms with Gasteiger partial charge in [0, 0.05) is 13.1 Å². The van der Waals surface area contributed by atoms with Crippen molar-refractivity contribution in [1.82, 2.24) is 4.90 Å². The molecule has 1 aliphatic heterocycles. The average molecular weight is 327 g/mol. The normalized spacial score (nSPS) is 18.8. The molecule has 2 rings (SSSR count). The first kappa shape index (κ1) is 16.8. The zero-order chi connectivity index (χ0) is 16.4. The van der Waals surface area contributed by atoms with Gasteiger partial charge in [0.15, 0.2) is 14.6 Å². The molecule has 1 fully saturated rings. The Labute approximate surface area is 130 Å². The summed E-state index contributed by atoms with van der Waals surface area (Å²) in [5.41, 5.74) is 0. The standard InChI is InChI=1S/C15H21NO5S/c1-3-16-10-8-15(9-11-16,14(17)18)22(19,20)13-7-5-4-6-12(13)21-2/h4-7H,3,8-11H2,1-2H3,(H,17,18). The van der Waals surface area contributed by atoms with E-state index in [2.05, 4.69) is 4.90 Å². The highest BCUT2D eigenvalue weighted by molar-refractivity contribution is 7.93. The molecular weight excluding hydrogens is 306 g/mol. The minimum Gasteiger partial charge on any atom is -0.495 e. The van der Waals surface area contributed by atoms with Crippen molar-refractivity contribution in [3.05, 3.63) is 24.3 Å². The lowest BCUT2D eigenvalue weighted by Crippen LogP contribution is -2.54. The van der Waals surface area contributed by atoms with E-state index in [9.17, 15) is 18.3 Å². The fourth-order valence-corrected chi connectivity index (χ4v) is 4.92. The van der Waals surface area contributed by atoms with E-state index in [4.69, 9.17) is 4.74 Å². The Morgan fingerprint density at radius 1 is 1.32 bits per heavy atom. The number of carbonyl (C=O) groups is 1. The van der Waals surface area contributed by atoms with Crippen molar-refractivity contribution in [1.29, 1.82) is 0 Å². The van der Waals surface area contributed by atoms with Crippen LogP contribution in [0.5, 0.6) is 5.75 Å². The third-order valence-corrected chi connectivity index (χ3v) is 6.90. The van der Waals surface area contributed by atoms with Crippen LogP contribution in [0.3, 0.4) is 0 Å². The first-order chi connectivity index (χ1) is 10.4. The second-order valence-corrected chi connectivity index (χ2v) is 7.62. The number of benzene rings is 1. The summed E-state index contributed by atoms with van der Waals surface area (Å²) < 4.78 is 29.4. The lowest BCUT2D eigenvalue weighted by atomic mass is 9.96. The monoisotopic (exact) mass is 327 g/mol. The van der Waals surface area contributed by atoms with Crippen LogP contribution in [0.1, 0.15) is 19.8 Å². The fourth-order valence-electron chi connectivity index (χ4n) is 2.88. The number of aliphatic carboxylic acids is 1. The Kier molecular flexibility index (Phi) is 4.77. The number of carboxylic acid groups (broad SMARTS) is 1. The highest BCUT2D eigenvalue weighted by Crippen LogP contribution is 2.39. The van der Waals surface area contributed by atoms with E-state index in [1.54, 1.807) is 12.1 Å². The van der Waals surface area contributed by atoms with Gasteiger partial charge in [-0.15, -0.1) is 0 Å². The molecule has 1 aromatic rings. The summed E-state index contributed by atoms with van der Waals surface area (Å²) in [5, 5.41) is 9.67. The molecule has 1 aromatic carbocycles. The summed E-state index contributed by atoms with van der Waals surface area (Å²) in [6.45, 7) is 3.67. The Morgan fingerprint density at radius 2 is 1.91 bits per heavy atom. The van der Waals surface area contributed by atoms with E-state index in [1.807, 2.05) is 6.92 Å². The number of para-hydroxylation sites is 1. The number of carboxylic acids is 1. The Morgan fingerprint density at radius 3 is 2.41 bits per heavy atom. The summed E-state index contributed by atoms with van der Waals surface area (Å²) in [6.07, 6.45) is 0.160. The lowest BCUT2D eigenvalue weighted by molar-refractivity contribution is -0.141. The number of rotatable bonds is 5. The molecule has 0 aliphatic carbocycles. The number of likely N-dealkylation sites (tertiary alicyclic amines) is 1. The van der Waals surface area contributed by atoms with Crippen LogP contribution in [0.4, 0.5) is 0 Å². The van der Waals surface area contributed by atoms with Gasteiger partial charge in [0.1, 0.15) is 10.6 Å². The van der Waals surface area contributed by atoms with Crippen molar-refractivity contribution >= 4 is 15.8 Å². The van der Waals surface area contributed by atoms with Crippen LogP contribution in [-0.2, 0) is 14.6 Å². The predicted octanol–water partition coefficient (Wildman–Crippen LogP) is 1.41. The van der Waals surface area contributed by atoms with Crippen molar-refractivity contribution in [3.8, 4) is 5.75 Å². The summed E-state index contributed by atoms with van der Waals surface area (Å²) >= 11 is 0. The van der Waals surface area contributed by atoms with Crippen LogP contribution < -0.4 is 4.74 Å². The quantitative estimate of drug-likeness (QED) is 0.880. The summed E-state index contributed by atoms with van der Waals surface area (Å²) in [5.74, 6) is -1.10. The van der Waals surface area contributed by atoms with Gasteiger partial charge in [-0.25, -0.2) is 8.42 Å². The Hall–Kier alpha value is -1.60. The maximum absolute atomic E-state index is 13.0. The topological polar surface area (TPSA) is 83.9 Å². The van der Waals surface area contributed by atoms with Crippen molar-refractivity contribution in [2.75, 3.05) is 26.7 Å². The van der Waals surface area contributed by atoms with E-state index in [0.717, 1.165) is 6.54 Å². The molecule has 1 saturated heterocycles. The van der Waals surface area contributed by atoms with Crippen LogP contribution >= 0.6 is 0 Å². The van der Waals surface area contributed by atoms with Crippen molar-refractivity contribution in [3.63, 3.8) is 0 Å². The number of ether oxygens (including phenoxy) is 1. The van der Waals surface area contributed by atoms with E-state index in [0.29, 0.717) is 13.1 Å². The largest absolute Gasteiger partial charge is 0.495 e. The molecule has 1 aliphatic rings. The molecule has 6 nitrogen and oxygen atoms in total. The number of hydrogen-bond acceptors (Lipinski definition) is 5. The van der Waals surface area contributed by atoms with Crippen molar-refractivity contribution in [2.45, 2.75) is 29.4 Å². The van der Waals surface area contributed by atoms with Gasteiger partial charge < -0.3 is 14.7 Å². The molecule has 0 saturated carbocycles. The minimum absolute atomic E-state index is 0.0511. The minimum atomic E-state index is -4.05. The Balaban J connectivity index is 2.51. The number of nitrogens with zero attached hydrogens (tertiary/aromatic N) is 1. The zero-order valence-electron chi connectivity index (χ0n) is 12.8. The highest BCUT2D eigenvalue weighted by atomic mass is 32.2. The van der Waals surface area contributed by atoms with Crippen LogP contribution in [-0.4, -0.2) is 55.9 Å². The highest BCUT2D eigenvalue weighted by Gasteiger charge is 2.53. The number of sulfone groups is 1. The van der Waals surface area contributed by atoms with E-state index in [-0.39, 0.29) is 23.5 Å². The van der Waals surface area contributed by atoms with Gasteiger partial charge >= 0.3 is 5.97 Å². The molecule has 1 heterocycles. The first-order valence-corrected chi connectivity index (χ1v) is 8.71.